The van der Waals surface area contributed by atoms with Gasteiger partial charge in [0.1, 0.15) is 9.52 Å². The van der Waals surface area contributed by atoms with Gasteiger partial charge in [0, 0.05) is 0 Å². The minimum Gasteiger partial charge on any atom is -0.266 e. The summed E-state index contributed by atoms with van der Waals surface area (Å²) in [7, 11) is 0.271. The van der Waals surface area contributed by atoms with E-state index in [0.29, 0.717) is 11.8 Å². The summed E-state index contributed by atoms with van der Waals surface area (Å²) in [6.07, 6.45) is 11.0. The second kappa shape index (κ2) is 13.7. The van der Waals surface area contributed by atoms with E-state index in [2.05, 4.69) is 127 Å². The Morgan fingerprint density at radius 2 is 1.23 bits per heavy atom. The fourth-order valence-electron chi connectivity index (χ4n) is 3.25. The minimum atomic E-state index is 0. The van der Waals surface area contributed by atoms with Crippen molar-refractivity contribution in [1.29, 1.82) is 0 Å². The van der Waals surface area contributed by atoms with Crippen LogP contribution in [0, 0.1) is 24.0 Å². The quantitative estimate of drug-likeness (QED) is 0.374. The maximum absolute atomic E-state index is 3.29. The number of hydrogen-bond donors (Lipinski definition) is 0. The van der Waals surface area contributed by atoms with Gasteiger partial charge in [-0.05, 0) is 0 Å². The van der Waals surface area contributed by atoms with E-state index in [1.165, 1.54) is 32.7 Å². The van der Waals surface area contributed by atoms with E-state index in [1.807, 2.05) is 0 Å². The van der Waals surface area contributed by atoms with Gasteiger partial charge < -0.3 is 0 Å². The molecule has 1 radical (unpaired) electrons. The zero-order valence-corrected chi connectivity index (χ0v) is 22.8. The standard InChI is InChI=1S/C12H11Si.2C8H11.Zr/c1-3-7-11(8-4-1)13-12-9-5-2-6-10-12;2*1-6-4-7(2)8(3)5-6;/h1-10,13H;4,8H,1-3H3;4,6H,1-3H3;/q;2*-1;+2. The molecular weight excluding hydrogens is 456 g/mol. The average Bonchev–Trinajstić information content (AvgIpc) is 3.15. The van der Waals surface area contributed by atoms with Crippen LogP contribution in [0.1, 0.15) is 41.5 Å². The maximum atomic E-state index is 3.29. The van der Waals surface area contributed by atoms with Crippen molar-refractivity contribution in [2.45, 2.75) is 41.5 Å². The summed E-state index contributed by atoms with van der Waals surface area (Å²) in [5.41, 5.74) is 5.42. The fraction of sp³-hybridized carbons (Fsp3) is 0.286. The zero-order valence-electron chi connectivity index (χ0n) is 19.2. The Balaban J connectivity index is 0.000000233. The minimum absolute atomic E-state index is 0. The van der Waals surface area contributed by atoms with Gasteiger partial charge in [-0.15, -0.1) is 6.92 Å². The van der Waals surface area contributed by atoms with Crippen molar-refractivity contribution in [1.82, 2.24) is 0 Å². The summed E-state index contributed by atoms with van der Waals surface area (Å²) >= 11 is 0. The summed E-state index contributed by atoms with van der Waals surface area (Å²) < 4.78 is 0. The van der Waals surface area contributed by atoms with Crippen molar-refractivity contribution < 1.29 is 26.2 Å². The fourth-order valence-corrected chi connectivity index (χ4v) is 4.47. The van der Waals surface area contributed by atoms with E-state index in [4.69, 9.17) is 0 Å². The van der Waals surface area contributed by atoms with Gasteiger partial charge in [-0.2, -0.15) is 11.6 Å². The van der Waals surface area contributed by atoms with Gasteiger partial charge in [-0.3, -0.25) is 12.2 Å². The molecule has 4 rings (SSSR count). The molecule has 0 aliphatic heterocycles. The molecule has 153 valence electrons. The third-order valence-electron chi connectivity index (χ3n) is 5.04. The molecule has 0 amide bonds. The number of benzene rings is 2. The van der Waals surface area contributed by atoms with Crippen molar-refractivity contribution in [3.8, 4) is 0 Å². The van der Waals surface area contributed by atoms with E-state index in [9.17, 15) is 0 Å². The molecule has 2 heteroatoms. The zero-order chi connectivity index (χ0) is 21.2. The Kier molecular flexibility index (Phi) is 12.1. The van der Waals surface area contributed by atoms with Crippen molar-refractivity contribution in [2.75, 3.05) is 0 Å². The molecule has 0 nitrogen and oxygen atoms in total. The predicted octanol–water partition coefficient (Wildman–Crippen LogP) is 5.74. The second-order valence-electron chi connectivity index (χ2n) is 7.81. The molecule has 0 heterocycles. The van der Waals surface area contributed by atoms with Crippen LogP contribution in [-0.2, 0) is 26.2 Å². The van der Waals surface area contributed by atoms with Crippen LogP contribution in [0.25, 0.3) is 0 Å². The summed E-state index contributed by atoms with van der Waals surface area (Å²) in [6, 6.07) is 21.3. The van der Waals surface area contributed by atoms with Gasteiger partial charge in [0.15, 0.2) is 0 Å². The molecule has 2 atom stereocenters. The van der Waals surface area contributed by atoms with Crippen molar-refractivity contribution in [3.63, 3.8) is 0 Å². The molecule has 2 aliphatic carbocycles. The molecular formula is C28H33SiZr. The van der Waals surface area contributed by atoms with Crippen LogP contribution < -0.4 is 10.4 Å². The first-order chi connectivity index (χ1) is 13.8. The van der Waals surface area contributed by atoms with E-state index in [1.54, 1.807) is 0 Å². The summed E-state index contributed by atoms with van der Waals surface area (Å²) in [4.78, 5) is 0. The third-order valence-corrected chi connectivity index (χ3v) is 6.48. The third kappa shape index (κ3) is 9.54. The molecule has 0 saturated carbocycles. The molecule has 0 saturated heterocycles. The number of allylic oxidation sites excluding steroid dienone is 8. The summed E-state index contributed by atoms with van der Waals surface area (Å²) in [5.74, 6) is 1.12. The molecule has 2 unspecified atom stereocenters. The molecule has 0 N–H and O–H groups in total. The molecule has 2 aromatic carbocycles. The Morgan fingerprint density at radius 1 is 0.733 bits per heavy atom. The first-order valence-electron chi connectivity index (χ1n) is 10.4. The van der Waals surface area contributed by atoms with Gasteiger partial charge >= 0.3 is 26.2 Å². The summed E-state index contributed by atoms with van der Waals surface area (Å²) in [5, 5.41) is 2.90. The molecule has 0 bridgehead atoms. The molecule has 30 heavy (non-hydrogen) atoms. The van der Waals surface area contributed by atoms with Gasteiger partial charge in [-0.1, -0.05) is 117 Å². The van der Waals surface area contributed by atoms with Gasteiger partial charge in [-0.25, -0.2) is 22.8 Å². The number of rotatable bonds is 2. The van der Waals surface area contributed by atoms with Crippen molar-refractivity contribution in [2.24, 2.45) is 11.8 Å². The Hall–Kier alpha value is -1.50. The summed E-state index contributed by atoms with van der Waals surface area (Å²) in [6.45, 7) is 12.8. The molecule has 2 aromatic rings. The second-order valence-corrected chi connectivity index (χ2v) is 9.43. The van der Waals surface area contributed by atoms with Crippen LogP contribution in [0.5, 0.6) is 0 Å². The Labute approximate surface area is 205 Å². The SMILES string of the molecule is CC1=[C-]C(C)C(C)=C1.CC1=[C-]C(C)C=C1C.[Zr+2].c1ccc([SiH]c2ccccc2)cc1. The Morgan fingerprint density at radius 3 is 1.47 bits per heavy atom. The van der Waals surface area contributed by atoms with E-state index < -0.39 is 0 Å². The normalized spacial score (nSPS) is 19.0. The van der Waals surface area contributed by atoms with Crippen molar-refractivity contribution in [3.05, 3.63) is 107 Å². The van der Waals surface area contributed by atoms with Gasteiger partial charge in [0.2, 0.25) is 0 Å². The topological polar surface area (TPSA) is 0 Å². The van der Waals surface area contributed by atoms with Crippen molar-refractivity contribution >= 4 is 19.9 Å². The van der Waals surface area contributed by atoms with Crippen LogP contribution in [0.3, 0.4) is 0 Å². The Bertz CT molecular complexity index is 833. The van der Waals surface area contributed by atoms with E-state index in [-0.39, 0.29) is 35.7 Å². The molecule has 0 aromatic heterocycles. The number of hydrogen-bond acceptors (Lipinski definition) is 0. The van der Waals surface area contributed by atoms with Gasteiger partial charge in [0.25, 0.3) is 0 Å². The molecule has 2 aliphatic rings. The molecule has 0 spiro atoms. The first kappa shape index (κ1) is 26.5. The first-order valence-corrected chi connectivity index (χ1v) is 11.5. The monoisotopic (exact) mass is 487 g/mol. The smallest absolute Gasteiger partial charge is 0.266 e. The van der Waals surface area contributed by atoms with Crippen LogP contribution in [0.2, 0.25) is 0 Å². The average molecular weight is 489 g/mol. The van der Waals surface area contributed by atoms with Crippen LogP contribution in [-0.4, -0.2) is 9.52 Å². The largest absolute Gasteiger partial charge is 2.00 e. The van der Waals surface area contributed by atoms with Crippen LogP contribution in [0.15, 0.2) is 95.1 Å². The predicted molar refractivity (Wildman–Crippen MR) is 130 cm³/mol. The maximum Gasteiger partial charge on any atom is 2.00 e. The molecule has 0 fully saturated rings. The van der Waals surface area contributed by atoms with E-state index in [0.717, 1.165) is 0 Å². The van der Waals surface area contributed by atoms with Gasteiger partial charge in [0.05, 0.1) is 0 Å². The van der Waals surface area contributed by atoms with Crippen LogP contribution >= 0.6 is 0 Å². The van der Waals surface area contributed by atoms with Crippen LogP contribution in [0.4, 0.5) is 0 Å². The van der Waals surface area contributed by atoms with E-state index >= 15 is 0 Å².